The minimum atomic E-state index is 0.488. The third-order valence-corrected chi connectivity index (χ3v) is 4.78. The fourth-order valence-corrected chi connectivity index (χ4v) is 3.31. The number of hydrogen-bond acceptors (Lipinski definition) is 5. The number of nitrogens with zero attached hydrogens (tertiary/aromatic N) is 5. The number of nitrogens with one attached hydrogen (secondary N) is 2. The van der Waals surface area contributed by atoms with E-state index in [0.717, 1.165) is 45.4 Å². The molecule has 1 aromatic carbocycles. The summed E-state index contributed by atoms with van der Waals surface area (Å²) in [6.07, 6.45) is 8.82. The number of aryl methyl sites for hydroxylation is 1. The lowest BCUT2D eigenvalue weighted by Crippen LogP contribution is -2.01. The monoisotopic (exact) mass is 403 g/mol. The third-order valence-electron chi connectivity index (χ3n) is 4.78. The molecule has 5 aromatic rings. The molecule has 31 heavy (non-hydrogen) atoms. The fourth-order valence-electron chi connectivity index (χ4n) is 3.31. The molecule has 0 aliphatic rings. The normalized spacial score (nSPS) is 10.6. The molecule has 0 atom stereocenters. The van der Waals surface area contributed by atoms with Crippen molar-refractivity contribution in [2.24, 2.45) is 0 Å². The molecule has 4 aromatic heterocycles. The zero-order valence-corrected chi connectivity index (χ0v) is 16.7. The number of imidazole rings is 1. The van der Waals surface area contributed by atoms with Gasteiger partial charge in [0.15, 0.2) is 0 Å². The zero-order chi connectivity index (χ0) is 21.2. The van der Waals surface area contributed by atoms with Crippen molar-refractivity contribution >= 4 is 11.3 Å². The highest BCUT2D eigenvalue weighted by molar-refractivity contribution is 5.76. The van der Waals surface area contributed by atoms with Crippen molar-refractivity contribution in [1.29, 1.82) is 0 Å². The van der Waals surface area contributed by atoms with Crippen LogP contribution in [0.15, 0.2) is 55.0 Å². The van der Waals surface area contributed by atoms with Crippen molar-refractivity contribution in [3.05, 3.63) is 84.2 Å². The highest BCUT2D eigenvalue weighted by atomic mass is 15.3. The van der Waals surface area contributed by atoms with E-state index in [0.29, 0.717) is 12.2 Å². The zero-order valence-electron chi connectivity index (χ0n) is 16.7. The van der Waals surface area contributed by atoms with Crippen LogP contribution < -0.4 is 5.32 Å². The molecule has 0 bridgehead atoms. The lowest BCUT2D eigenvalue weighted by molar-refractivity contribution is 0.962. The first-order valence-electron chi connectivity index (χ1n) is 9.67. The van der Waals surface area contributed by atoms with Crippen molar-refractivity contribution in [2.75, 3.05) is 5.32 Å². The molecule has 0 aliphatic carbocycles. The topological polar surface area (TPSA) is 83.8 Å². The summed E-state index contributed by atoms with van der Waals surface area (Å²) in [4.78, 5) is 17.0. The van der Waals surface area contributed by atoms with E-state index < -0.39 is 0 Å². The van der Waals surface area contributed by atoms with Crippen molar-refractivity contribution in [3.8, 4) is 35.0 Å². The Morgan fingerprint density at radius 2 is 2.06 bits per heavy atom. The van der Waals surface area contributed by atoms with E-state index in [1.807, 2.05) is 55.6 Å². The van der Waals surface area contributed by atoms with Gasteiger partial charge in [0.05, 0.1) is 23.5 Å². The Bertz CT molecular complexity index is 1420. The van der Waals surface area contributed by atoms with Crippen molar-refractivity contribution in [2.45, 2.75) is 13.5 Å². The van der Waals surface area contributed by atoms with Crippen LogP contribution >= 0.6 is 0 Å². The molecule has 0 fully saturated rings. The van der Waals surface area contributed by atoms with Gasteiger partial charge in [-0.2, -0.15) is 5.10 Å². The smallest absolute Gasteiger partial charge is 0.208 e. The number of rotatable bonds is 5. The summed E-state index contributed by atoms with van der Waals surface area (Å²) in [6, 6.07) is 19.8. The van der Waals surface area contributed by atoms with Gasteiger partial charge in [0.2, 0.25) is 5.65 Å². The summed E-state index contributed by atoms with van der Waals surface area (Å²) in [6.45, 7) is 2.45. The average Bonchev–Trinajstić information content (AvgIpc) is 3.44. The Balaban J connectivity index is 1.54. The van der Waals surface area contributed by atoms with Crippen molar-refractivity contribution in [1.82, 2.24) is 29.5 Å². The number of fused-ring (bicyclic) bond motifs is 1. The van der Waals surface area contributed by atoms with Crippen LogP contribution in [-0.4, -0.2) is 29.5 Å². The maximum atomic E-state index is 5.50. The van der Waals surface area contributed by atoms with Gasteiger partial charge in [0, 0.05) is 23.1 Å². The van der Waals surface area contributed by atoms with Crippen LogP contribution in [0.4, 0.5) is 5.69 Å². The summed E-state index contributed by atoms with van der Waals surface area (Å²) < 4.78 is 1.65. The molecule has 0 saturated heterocycles. The second-order valence-corrected chi connectivity index (χ2v) is 6.97. The van der Waals surface area contributed by atoms with Gasteiger partial charge < -0.3 is 10.3 Å². The first-order chi connectivity index (χ1) is 15.2. The van der Waals surface area contributed by atoms with E-state index in [1.54, 1.807) is 4.52 Å². The molecular formula is C24H17N7. The minimum Gasteiger partial charge on any atom is -0.378 e. The fraction of sp³-hybridized carbons (Fsp3) is 0.0833. The van der Waals surface area contributed by atoms with Crippen molar-refractivity contribution < 1.29 is 0 Å². The number of aromatic amines is 1. The maximum absolute atomic E-state index is 5.50. The number of terminal acetylenes is 1. The second-order valence-electron chi connectivity index (χ2n) is 6.97. The summed E-state index contributed by atoms with van der Waals surface area (Å²) in [5, 5.41) is 7.55. The highest BCUT2D eigenvalue weighted by Gasteiger charge is 2.16. The molecule has 5 rings (SSSR count). The predicted molar refractivity (Wildman–Crippen MR) is 118 cm³/mol. The Kier molecular flexibility index (Phi) is 4.55. The average molecular weight is 403 g/mol. The quantitative estimate of drug-likeness (QED) is 0.437. The van der Waals surface area contributed by atoms with Gasteiger partial charge in [0.1, 0.15) is 17.8 Å². The number of H-pyrrole nitrogens is 1. The molecule has 148 valence electrons. The van der Waals surface area contributed by atoms with Crippen LogP contribution in [-0.2, 0) is 6.54 Å². The second kappa shape index (κ2) is 7.66. The van der Waals surface area contributed by atoms with Crippen LogP contribution in [0.5, 0.6) is 0 Å². The number of pyridine rings is 1. The van der Waals surface area contributed by atoms with E-state index >= 15 is 0 Å². The predicted octanol–water partition coefficient (Wildman–Crippen LogP) is 3.68. The van der Waals surface area contributed by atoms with E-state index in [1.165, 1.54) is 6.33 Å². The molecule has 0 aliphatic heterocycles. The van der Waals surface area contributed by atoms with Gasteiger partial charge in [0.25, 0.3) is 0 Å². The summed E-state index contributed by atoms with van der Waals surface area (Å²) in [5.74, 6) is 3.40. The first kappa shape index (κ1) is 18.4. The molecule has 4 heterocycles. The van der Waals surface area contributed by atoms with Gasteiger partial charge in [-0.05, 0) is 43.3 Å². The lowest BCUT2D eigenvalue weighted by Gasteiger charge is -2.04. The van der Waals surface area contributed by atoms with E-state index in [2.05, 4.69) is 43.4 Å². The lowest BCUT2D eigenvalue weighted by atomic mass is 10.1. The summed E-state index contributed by atoms with van der Waals surface area (Å²) >= 11 is 0. The molecule has 7 heteroatoms. The standard InChI is InChI=1S/C24H17N7/c1-3-17-7-5-8-19(12-17)25-13-21-29-23(18-10-11-22-26-15-27-31(22)14-18)24(30-21)20-9-4-6-16(2)28-20/h1,4-9,12,14-15,25H,13H2,2H3,(H,29,30). The van der Waals surface area contributed by atoms with Crippen LogP contribution in [0.3, 0.4) is 0 Å². The Labute approximate surface area is 179 Å². The molecule has 0 saturated carbocycles. The Hall–Kier alpha value is -4.62. The number of anilines is 1. The summed E-state index contributed by atoms with van der Waals surface area (Å²) in [5.41, 5.74) is 6.34. The Morgan fingerprint density at radius 1 is 1.16 bits per heavy atom. The van der Waals surface area contributed by atoms with Crippen molar-refractivity contribution in [3.63, 3.8) is 0 Å². The Morgan fingerprint density at radius 3 is 2.94 bits per heavy atom. The summed E-state index contributed by atoms with van der Waals surface area (Å²) in [7, 11) is 0. The molecular weight excluding hydrogens is 386 g/mol. The van der Waals surface area contributed by atoms with Gasteiger partial charge in [-0.3, -0.25) is 4.98 Å². The molecule has 0 amide bonds. The van der Waals surface area contributed by atoms with E-state index in [4.69, 9.17) is 11.4 Å². The maximum Gasteiger partial charge on any atom is 0.208 e. The van der Waals surface area contributed by atoms with Gasteiger partial charge in [-0.15, -0.1) is 6.42 Å². The minimum absolute atomic E-state index is 0.488. The third kappa shape index (κ3) is 3.68. The molecule has 7 nitrogen and oxygen atoms in total. The molecule has 2 N–H and O–H groups in total. The van der Waals surface area contributed by atoms with E-state index in [-0.39, 0.29) is 0 Å². The molecule has 0 radical (unpaired) electrons. The van der Waals surface area contributed by atoms with Crippen LogP contribution in [0.1, 0.15) is 17.1 Å². The van der Waals surface area contributed by atoms with Gasteiger partial charge in [-0.1, -0.05) is 24.1 Å². The number of benzene rings is 1. The van der Waals surface area contributed by atoms with Gasteiger partial charge in [-0.25, -0.2) is 14.5 Å². The number of hydrogen-bond donors (Lipinski definition) is 2. The van der Waals surface area contributed by atoms with Crippen LogP contribution in [0.2, 0.25) is 0 Å². The van der Waals surface area contributed by atoms with Gasteiger partial charge >= 0.3 is 0 Å². The van der Waals surface area contributed by atoms with Crippen LogP contribution in [0.25, 0.3) is 28.3 Å². The highest BCUT2D eigenvalue weighted by Crippen LogP contribution is 2.28. The first-order valence-corrected chi connectivity index (χ1v) is 9.67. The molecule has 0 spiro atoms. The SMILES string of the molecule is C#Cc1cccc(NCc2nc(-c3c#cc4ncnn4c3)c(-c3cccc(C)n3)[nH]2)c1. The molecule has 0 unspecified atom stereocenters. The van der Waals surface area contributed by atoms with Crippen LogP contribution in [0, 0.1) is 31.4 Å². The number of aromatic nitrogens is 6. The largest absolute Gasteiger partial charge is 0.378 e. The van der Waals surface area contributed by atoms with E-state index in [9.17, 15) is 0 Å².